The highest BCUT2D eigenvalue weighted by Gasteiger charge is 2.18. The third-order valence-electron chi connectivity index (χ3n) is 5.81. The second-order valence-corrected chi connectivity index (χ2v) is 9.68. The van der Waals surface area contributed by atoms with E-state index in [0.717, 1.165) is 5.56 Å². The van der Waals surface area contributed by atoms with Gasteiger partial charge in [0.25, 0.3) is 11.8 Å². The number of hydrogen-bond donors (Lipinski definition) is 4. The Morgan fingerprint density at radius 3 is 2.08 bits per heavy atom. The molecule has 4 N–H and O–H groups in total. The number of imidazole rings is 1. The minimum Gasteiger partial charge on any atom is -0.478 e. The monoisotopic (exact) mass is 578 g/mol. The molecule has 0 aliphatic heterocycles. The highest BCUT2D eigenvalue weighted by atomic mass is 35.5. The number of amides is 2. The van der Waals surface area contributed by atoms with E-state index >= 15 is 0 Å². The van der Waals surface area contributed by atoms with E-state index in [0.29, 0.717) is 43.2 Å². The molecule has 11 heteroatoms. The molecule has 5 aromatic rings. The van der Waals surface area contributed by atoms with E-state index in [1.807, 2.05) is 0 Å². The van der Waals surface area contributed by atoms with E-state index in [2.05, 4.69) is 20.6 Å². The van der Waals surface area contributed by atoms with Gasteiger partial charge in [0.1, 0.15) is 5.82 Å². The Morgan fingerprint density at radius 2 is 1.38 bits per heavy atom. The van der Waals surface area contributed by atoms with Crippen molar-refractivity contribution >= 4 is 75.0 Å². The molecular formula is C28H17Cl3N4O4. The van der Waals surface area contributed by atoms with Gasteiger partial charge in [0, 0.05) is 27.4 Å². The predicted octanol–water partition coefficient (Wildman–Crippen LogP) is 7.39. The van der Waals surface area contributed by atoms with Crippen LogP contribution in [0.15, 0.2) is 78.9 Å². The molecule has 1 aromatic heterocycles. The quantitative estimate of drug-likeness (QED) is 0.167. The molecule has 0 fully saturated rings. The summed E-state index contributed by atoms with van der Waals surface area (Å²) in [5.41, 5.74) is 2.80. The highest BCUT2D eigenvalue weighted by molar-refractivity contribution is 6.42. The molecule has 4 aromatic carbocycles. The van der Waals surface area contributed by atoms with Crippen LogP contribution in [0, 0.1) is 0 Å². The molecule has 0 atom stereocenters. The lowest BCUT2D eigenvalue weighted by molar-refractivity contribution is 0.0698. The van der Waals surface area contributed by atoms with Crippen molar-refractivity contribution in [2.75, 3.05) is 10.6 Å². The Balaban J connectivity index is 1.33. The summed E-state index contributed by atoms with van der Waals surface area (Å²) < 4.78 is 0. The number of carbonyl (C=O) groups excluding carboxylic acids is 2. The molecule has 0 saturated heterocycles. The molecule has 0 aliphatic carbocycles. The molecule has 0 saturated carbocycles. The van der Waals surface area contributed by atoms with Gasteiger partial charge in [0.15, 0.2) is 0 Å². The van der Waals surface area contributed by atoms with Crippen LogP contribution in [-0.2, 0) is 0 Å². The van der Waals surface area contributed by atoms with Crippen LogP contribution in [0.1, 0.15) is 31.1 Å². The zero-order valence-electron chi connectivity index (χ0n) is 19.8. The Hall–Kier alpha value is -4.37. The van der Waals surface area contributed by atoms with Crippen molar-refractivity contribution in [3.8, 4) is 11.4 Å². The summed E-state index contributed by atoms with van der Waals surface area (Å²) in [5, 5.41) is 16.3. The number of benzene rings is 4. The molecule has 8 nitrogen and oxygen atoms in total. The van der Waals surface area contributed by atoms with Crippen LogP contribution in [0.3, 0.4) is 0 Å². The predicted molar refractivity (Wildman–Crippen MR) is 152 cm³/mol. The maximum atomic E-state index is 12.9. The van der Waals surface area contributed by atoms with Crippen LogP contribution in [0.5, 0.6) is 0 Å². The zero-order valence-corrected chi connectivity index (χ0v) is 22.0. The smallest absolute Gasteiger partial charge is 0.337 e. The van der Waals surface area contributed by atoms with Gasteiger partial charge < -0.3 is 20.7 Å². The Morgan fingerprint density at radius 1 is 0.744 bits per heavy atom. The van der Waals surface area contributed by atoms with Gasteiger partial charge >= 0.3 is 5.97 Å². The highest BCUT2D eigenvalue weighted by Crippen LogP contribution is 2.29. The largest absolute Gasteiger partial charge is 0.478 e. The summed E-state index contributed by atoms with van der Waals surface area (Å²) in [6, 6.07) is 20.4. The number of anilines is 2. The summed E-state index contributed by atoms with van der Waals surface area (Å²) in [6.07, 6.45) is 0. The number of aromatic nitrogens is 2. The van der Waals surface area contributed by atoms with Crippen LogP contribution in [0.4, 0.5) is 11.4 Å². The summed E-state index contributed by atoms with van der Waals surface area (Å²) in [4.78, 5) is 45.1. The van der Waals surface area contributed by atoms with Gasteiger partial charge in [0.05, 0.1) is 32.3 Å². The lowest BCUT2D eigenvalue weighted by atomic mass is 10.1. The number of nitrogens with zero attached hydrogens (tertiary/aromatic N) is 1. The number of carbonyl (C=O) groups is 3. The van der Waals surface area contributed by atoms with Crippen molar-refractivity contribution in [1.29, 1.82) is 0 Å². The van der Waals surface area contributed by atoms with Gasteiger partial charge in [-0.15, -0.1) is 0 Å². The SMILES string of the molecule is O=C(Nc1ccc(Cl)cc1)c1ccc(NC(=O)c2ccc(-c3nc4cc(Cl)c(Cl)cc4[nH]3)cc2)c(C(=O)O)c1. The molecular weight excluding hydrogens is 563 g/mol. The van der Waals surface area contributed by atoms with E-state index in [9.17, 15) is 19.5 Å². The van der Waals surface area contributed by atoms with Crippen molar-refractivity contribution < 1.29 is 19.5 Å². The van der Waals surface area contributed by atoms with Crippen LogP contribution < -0.4 is 10.6 Å². The van der Waals surface area contributed by atoms with E-state index in [1.54, 1.807) is 60.7 Å². The number of carboxylic acid groups (broad SMARTS) is 1. The normalized spacial score (nSPS) is 10.8. The summed E-state index contributed by atoms with van der Waals surface area (Å²) in [6.45, 7) is 0. The molecule has 194 valence electrons. The molecule has 2 amide bonds. The standard InChI is InChI=1S/C28H17Cl3N4O4/c29-17-6-8-18(9-7-17)32-27(37)16-5-10-22(19(11-16)28(38)39)35-26(36)15-3-1-14(2-4-15)25-33-23-12-20(30)21(31)13-24(23)34-25/h1-13H,(H,32,37)(H,33,34)(H,35,36)(H,38,39). The number of H-pyrrole nitrogens is 1. The average Bonchev–Trinajstić information content (AvgIpc) is 3.33. The number of rotatable bonds is 6. The van der Waals surface area contributed by atoms with Crippen molar-refractivity contribution in [3.63, 3.8) is 0 Å². The van der Waals surface area contributed by atoms with Gasteiger partial charge in [-0.1, -0.05) is 46.9 Å². The van der Waals surface area contributed by atoms with E-state index in [4.69, 9.17) is 34.8 Å². The van der Waals surface area contributed by atoms with E-state index in [1.165, 1.54) is 18.2 Å². The van der Waals surface area contributed by atoms with Crippen LogP contribution in [0.2, 0.25) is 15.1 Å². The van der Waals surface area contributed by atoms with Gasteiger partial charge in [-0.3, -0.25) is 9.59 Å². The van der Waals surface area contributed by atoms with E-state index in [-0.39, 0.29) is 16.8 Å². The topological polar surface area (TPSA) is 124 Å². The lowest BCUT2D eigenvalue weighted by Gasteiger charge is -2.11. The number of nitrogens with one attached hydrogen (secondary N) is 3. The van der Waals surface area contributed by atoms with Crippen LogP contribution in [-0.4, -0.2) is 32.9 Å². The Labute approximate surface area is 236 Å². The summed E-state index contributed by atoms with van der Waals surface area (Å²) >= 11 is 18.0. The summed E-state index contributed by atoms with van der Waals surface area (Å²) in [5.74, 6) is -1.77. The molecule has 0 radical (unpaired) electrons. The van der Waals surface area contributed by atoms with E-state index < -0.39 is 17.8 Å². The fourth-order valence-electron chi connectivity index (χ4n) is 3.82. The lowest BCUT2D eigenvalue weighted by Crippen LogP contribution is -2.17. The van der Waals surface area contributed by atoms with Gasteiger partial charge in [-0.2, -0.15) is 0 Å². The second kappa shape index (κ2) is 10.8. The molecule has 5 rings (SSSR count). The van der Waals surface area contributed by atoms with Crippen molar-refractivity contribution in [1.82, 2.24) is 9.97 Å². The molecule has 0 unspecified atom stereocenters. The van der Waals surface area contributed by atoms with Crippen molar-refractivity contribution in [2.24, 2.45) is 0 Å². The van der Waals surface area contributed by atoms with Gasteiger partial charge in [0.2, 0.25) is 0 Å². The molecule has 0 bridgehead atoms. The zero-order chi connectivity index (χ0) is 27.7. The molecule has 1 heterocycles. The first-order chi connectivity index (χ1) is 18.7. The number of aromatic carboxylic acids is 1. The van der Waals surface area contributed by atoms with Crippen LogP contribution in [0.25, 0.3) is 22.4 Å². The fourth-order valence-corrected chi connectivity index (χ4v) is 4.27. The first-order valence-corrected chi connectivity index (χ1v) is 12.5. The molecule has 39 heavy (non-hydrogen) atoms. The third-order valence-corrected chi connectivity index (χ3v) is 6.78. The fraction of sp³-hybridized carbons (Fsp3) is 0. The molecule has 0 spiro atoms. The molecule has 0 aliphatic rings. The summed E-state index contributed by atoms with van der Waals surface area (Å²) in [7, 11) is 0. The first-order valence-electron chi connectivity index (χ1n) is 11.4. The van der Waals surface area contributed by atoms with Gasteiger partial charge in [-0.25, -0.2) is 9.78 Å². The maximum absolute atomic E-state index is 12.9. The Bertz CT molecular complexity index is 1710. The minimum atomic E-state index is -1.30. The van der Waals surface area contributed by atoms with Crippen molar-refractivity contribution in [2.45, 2.75) is 0 Å². The number of fused-ring (bicyclic) bond motifs is 1. The minimum absolute atomic E-state index is 0.0469. The Kier molecular flexibility index (Phi) is 7.26. The number of carboxylic acids is 1. The van der Waals surface area contributed by atoms with Crippen molar-refractivity contribution in [3.05, 3.63) is 111 Å². The second-order valence-electron chi connectivity index (χ2n) is 8.43. The number of hydrogen-bond acceptors (Lipinski definition) is 4. The first kappa shape index (κ1) is 26.2. The average molecular weight is 580 g/mol. The number of aromatic amines is 1. The van der Waals surface area contributed by atoms with Gasteiger partial charge in [-0.05, 0) is 66.7 Å². The number of halogens is 3. The third kappa shape index (κ3) is 5.73. The van der Waals surface area contributed by atoms with Crippen LogP contribution >= 0.6 is 34.8 Å². The maximum Gasteiger partial charge on any atom is 0.337 e.